The summed E-state index contributed by atoms with van der Waals surface area (Å²) in [7, 11) is 1.38. The molecule has 2 aliphatic rings. The van der Waals surface area contributed by atoms with Crippen molar-refractivity contribution in [3.8, 4) is 17.6 Å². The van der Waals surface area contributed by atoms with Crippen LogP contribution in [0.4, 0.5) is 0 Å². The molecule has 1 aromatic carbocycles. The van der Waals surface area contributed by atoms with Crippen LogP contribution in [0.25, 0.3) is 0 Å². The third kappa shape index (κ3) is 4.28. The van der Waals surface area contributed by atoms with Crippen LogP contribution in [0.1, 0.15) is 36.8 Å². The van der Waals surface area contributed by atoms with E-state index in [0.717, 1.165) is 49.2 Å². The van der Waals surface area contributed by atoms with E-state index in [1.807, 2.05) is 18.2 Å². The number of ether oxygens (including phenoxy) is 4. The van der Waals surface area contributed by atoms with Crippen LogP contribution in [0.3, 0.4) is 0 Å². The van der Waals surface area contributed by atoms with Crippen LogP contribution in [-0.2, 0) is 25.4 Å². The van der Waals surface area contributed by atoms with Crippen molar-refractivity contribution < 1.29 is 23.7 Å². The Morgan fingerprint density at radius 1 is 1.33 bits per heavy atom. The van der Waals surface area contributed by atoms with Gasteiger partial charge < -0.3 is 18.9 Å². The number of aryl methyl sites for hydroxylation is 1. The van der Waals surface area contributed by atoms with Gasteiger partial charge in [0, 0.05) is 12.2 Å². The van der Waals surface area contributed by atoms with Gasteiger partial charge in [0.25, 0.3) is 0 Å². The molecule has 0 bridgehead atoms. The lowest BCUT2D eigenvalue weighted by Crippen LogP contribution is -2.32. The van der Waals surface area contributed by atoms with Crippen molar-refractivity contribution in [2.75, 3.05) is 20.3 Å². The van der Waals surface area contributed by atoms with Crippen LogP contribution in [0.2, 0.25) is 0 Å². The average Bonchev–Trinajstić information content (AvgIpc) is 2.65. The maximum Gasteiger partial charge on any atom is 0.347 e. The number of carbonyl (C=O) groups is 1. The van der Waals surface area contributed by atoms with Gasteiger partial charge in [-0.15, -0.1) is 0 Å². The molecule has 2 heterocycles. The predicted molar refractivity (Wildman–Crippen MR) is 87.6 cm³/mol. The molecular weight excluding hydrogens is 308 g/mol. The van der Waals surface area contributed by atoms with Gasteiger partial charge in [-0.1, -0.05) is 11.8 Å². The highest BCUT2D eigenvalue weighted by molar-refractivity contribution is 5.75. The fourth-order valence-corrected chi connectivity index (χ4v) is 2.88. The topological polar surface area (TPSA) is 54.0 Å². The highest BCUT2D eigenvalue weighted by Crippen LogP contribution is 2.28. The van der Waals surface area contributed by atoms with Gasteiger partial charge in [0.05, 0.1) is 7.11 Å². The van der Waals surface area contributed by atoms with E-state index in [-0.39, 0.29) is 12.3 Å². The first-order valence-corrected chi connectivity index (χ1v) is 8.36. The smallest absolute Gasteiger partial charge is 0.347 e. The molecule has 5 heteroatoms. The first-order chi connectivity index (χ1) is 11.8. The molecular formula is C19H22O5. The van der Waals surface area contributed by atoms with Crippen molar-refractivity contribution in [2.45, 2.75) is 44.5 Å². The quantitative estimate of drug-likeness (QED) is 0.629. The van der Waals surface area contributed by atoms with Gasteiger partial charge in [-0.3, -0.25) is 0 Å². The molecule has 24 heavy (non-hydrogen) atoms. The van der Waals surface area contributed by atoms with Crippen molar-refractivity contribution in [3.05, 3.63) is 29.3 Å². The van der Waals surface area contributed by atoms with Crippen molar-refractivity contribution in [3.63, 3.8) is 0 Å². The summed E-state index contributed by atoms with van der Waals surface area (Å²) in [5.41, 5.74) is 1.99. The molecule has 0 aliphatic carbocycles. The zero-order valence-electron chi connectivity index (χ0n) is 13.9. The summed E-state index contributed by atoms with van der Waals surface area (Å²) in [6.45, 7) is 1.14. The van der Waals surface area contributed by atoms with Gasteiger partial charge in [0.2, 0.25) is 0 Å². The van der Waals surface area contributed by atoms with Gasteiger partial charge in [0.15, 0.2) is 12.4 Å². The summed E-state index contributed by atoms with van der Waals surface area (Å²) in [6.07, 6.45) is 3.98. The minimum Gasteiger partial charge on any atom is -0.478 e. The molecule has 0 aromatic heterocycles. The first-order valence-electron chi connectivity index (χ1n) is 8.36. The zero-order chi connectivity index (χ0) is 16.8. The summed E-state index contributed by atoms with van der Waals surface area (Å²) in [6, 6.07) is 5.76. The second kappa shape index (κ2) is 8.18. The summed E-state index contributed by atoms with van der Waals surface area (Å²) in [5.74, 6) is 6.53. The molecule has 1 fully saturated rings. The molecule has 5 nitrogen and oxygen atoms in total. The molecule has 2 unspecified atom stereocenters. The monoisotopic (exact) mass is 330 g/mol. The van der Waals surface area contributed by atoms with E-state index in [1.165, 1.54) is 7.11 Å². The SMILES string of the molecule is COC(=O)C1CCc2cc(C#CCOC3CCCCO3)ccc2O1. The van der Waals surface area contributed by atoms with Crippen LogP contribution in [-0.4, -0.2) is 38.7 Å². The summed E-state index contributed by atoms with van der Waals surface area (Å²) >= 11 is 0. The van der Waals surface area contributed by atoms with Gasteiger partial charge in [-0.25, -0.2) is 4.79 Å². The highest BCUT2D eigenvalue weighted by atomic mass is 16.7. The number of hydrogen-bond donors (Lipinski definition) is 0. The van der Waals surface area contributed by atoms with Gasteiger partial charge in [0.1, 0.15) is 12.4 Å². The normalized spacial score (nSPS) is 22.5. The molecule has 0 spiro atoms. The summed E-state index contributed by atoms with van der Waals surface area (Å²) in [4.78, 5) is 11.6. The molecule has 1 aromatic rings. The Morgan fingerprint density at radius 3 is 3.04 bits per heavy atom. The fourth-order valence-electron chi connectivity index (χ4n) is 2.88. The van der Waals surface area contributed by atoms with E-state index in [1.54, 1.807) is 0 Å². The Balaban J connectivity index is 1.55. The van der Waals surface area contributed by atoms with Gasteiger partial charge >= 0.3 is 5.97 Å². The van der Waals surface area contributed by atoms with Crippen LogP contribution in [0, 0.1) is 11.8 Å². The van der Waals surface area contributed by atoms with Crippen LogP contribution in [0.15, 0.2) is 18.2 Å². The second-order valence-electron chi connectivity index (χ2n) is 5.90. The lowest BCUT2D eigenvalue weighted by Gasteiger charge is -2.24. The molecule has 2 aliphatic heterocycles. The standard InChI is InChI=1S/C19H22O5/c1-21-19(20)17-10-8-15-13-14(7-9-16(15)24-17)5-4-12-23-18-6-2-3-11-22-18/h7,9,13,17-18H,2-3,6,8,10-12H2,1H3. The van der Waals surface area contributed by atoms with Crippen molar-refractivity contribution >= 4 is 5.97 Å². The van der Waals surface area contributed by atoms with E-state index in [4.69, 9.17) is 18.9 Å². The zero-order valence-corrected chi connectivity index (χ0v) is 13.9. The first kappa shape index (κ1) is 16.8. The molecule has 128 valence electrons. The Kier molecular flexibility index (Phi) is 5.73. The minimum atomic E-state index is -0.511. The summed E-state index contributed by atoms with van der Waals surface area (Å²) < 4.78 is 21.5. The van der Waals surface area contributed by atoms with Crippen molar-refractivity contribution in [1.29, 1.82) is 0 Å². The third-order valence-corrected chi connectivity index (χ3v) is 4.18. The lowest BCUT2D eigenvalue weighted by atomic mass is 10.00. The number of fused-ring (bicyclic) bond motifs is 1. The molecule has 2 atom stereocenters. The lowest BCUT2D eigenvalue weighted by molar-refractivity contribution is -0.154. The second-order valence-corrected chi connectivity index (χ2v) is 5.90. The van der Waals surface area contributed by atoms with E-state index in [0.29, 0.717) is 13.0 Å². The summed E-state index contributed by atoms with van der Waals surface area (Å²) in [5, 5.41) is 0. The van der Waals surface area contributed by atoms with E-state index >= 15 is 0 Å². The van der Waals surface area contributed by atoms with E-state index < -0.39 is 6.10 Å². The maximum absolute atomic E-state index is 11.6. The Morgan fingerprint density at radius 2 is 2.25 bits per heavy atom. The van der Waals surface area contributed by atoms with Crippen LogP contribution < -0.4 is 4.74 Å². The largest absolute Gasteiger partial charge is 0.478 e. The molecule has 0 radical (unpaired) electrons. The fraction of sp³-hybridized carbons (Fsp3) is 0.526. The minimum absolute atomic E-state index is 0.111. The maximum atomic E-state index is 11.6. The van der Waals surface area contributed by atoms with Crippen LogP contribution in [0.5, 0.6) is 5.75 Å². The number of methoxy groups -OCH3 is 1. The van der Waals surface area contributed by atoms with E-state index in [2.05, 4.69) is 11.8 Å². The molecule has 1 saturated heterocycles. The Bertz CT molecular complexity index is 637. The van der Waals surface area contributed by atoms with E-state index in [9.17, 15) is 4.79 Å². The molecule has 0 amide bonds. The molecule has 0 saturated carbocycles. The Labute approximate surface area is 142 Å². The molecule has 0 N–H and O–H groups in total. The Hall–Kier alpha value is -2.03. The number of benzene rings is 1. The van der Waals surface area contributed by atoms with Crippen molar-refractivity contribution in [2.24, 2.45) is 0 Å². The highest BCUT2D eigenvalue weighted by Gasteiger charge is 2.26. The number of carbonyl (C=O) groups excluding carboxylic acids is 1. The third-order valence-electron chi connectivity index (χ3n) is 4.18. The predicted octanol–water partition coefficient (Wildman–Crippen LogP) is 2.45. The number of esters is 1. The number of rotatable bonds is 3. The van der Waals surface area contributed by atoms with Gasteiger partial charge in [-0.2, -0.15) is 0 Å². The van der Waals surface area contributed by atoms with Crippen LogP contribution >= 0.6 is 0 Å². The number of hydrogen-bond acceptors (Lipinski definition) is 5. The molecule has 3 rings (SSSR count). The van der Waals surface area contributed by atoms with Crippen molar-refractivity contribution in [1.82, 2.24) is 0 Å². The van der Waals surface area contributed by atoms with Gasteiger partial charge in [-0.05, 0) is 55.9 Å². The average molecular weight is 330 g/mol.